The fourth-order valence-corrected chi connectivity index (χ4v) is 3.40. The Kier molecular flexibility index (Phi) is 4.86. The molecule has 5 heteroatoms. The molecule has 120 valence electrons. The summed E-state index contributed by atoms with van der Waals surface area (Å²) in [5, 5.41) is 5.30. The molecule has 1 N–H and O–H groups in total. The van der Waals surface area contributed by atoms with Crippen LogP contribution in [0.3, 0.4) is 0 Å². The molecule has 4 nitrogen and oxygen atoms in total. The third-order valence-corrected chi connectivity index (χ3v) is 4.65. The van der Waals surface area contributed by atoms with Gasteiger partial charge in [0.1, 0.15) is 0 Å². The van der Waals surface area contributed by atoms with Crippen molar-refractivity contribution in [1.29, 1.82) is 0 Å². The topological polar surface area (TPSA) is 49.4 Å². The van der Waals surface area contributed by atoms with Gasteiger partial charge in [-0.2, -0.15) is 11.8 Å². The highest BCUT2D eigenvalue weighted by Gasteiger charge is 2.30. The molecule has 2 amide bonds. The molecular formula is C18H20N2O2S. The summed E-state index contributed by atoms with van der Waals surface area (Å²) in [6.45, 7) is 1.18. The van der Waals surface area contributed by atoms with Gasteiger partial charge in [-0.1, -0.05) is 42.5 Å². The zero-order chi connectivity index (χ0) is 16.2. The van der Waals surface area contributed by atoms with E-state index in [0.29, 0.717) is 25.3 Å². The molecule has 23 heavy (non-hydrogen) atoms. The van der Waals surface area contributed by atoms with Gasteiger partial charge in [0.2, 0.25) is 11.8 Å². The van der Waals surface area contributed by atoms with E-state index in [1.165, 1.54) is 22.5 Å². The fourth-order valence-electron chi connectivity index (χ4n) is 3.06. The highest BCUT2D eigenvalue weighted by Crippen LogP contribution is 2.22. The molecule has 0 unspecified atom stereocenters. The number of nitrogens with zero attached hydrogens (tertiary/aromatic N) is 1. The number of carbonyl (C=O) groups is 2. The van der Waals surface area contributed by atoms with Crippen LogP contribution in [0.4, 0.5) is 0 Å². The van der Waals surface area contributed by atoms with E-state index in [0.717, 1.165) is 5.56 Å². The molecule has 0 bridgehead atoms. The van der Waals surface area contributed by atoms with Gasteiger partial charge in [0.25, 0.3) is 0 Å². The minimum Gasteiger partial charge on any atom is -0.350 e. The Morgan fingerprint density at radius 2 is 2.04 bits per heavy atom. The quantitative estimate of drug-likeness (QED) is 0.917. The molecular weight excluding hydrogens is 308 g/mol. The van der Waals surface area contributed by atoms with Crippen LogP contribution in [0.15, 0.2) is 42.5 Å². The number of fused-ring (bicyclic) bond motifs is 1. The minimum absolute atomic E-state index is 0.00214. The van der Waals surface area contributed by atoms with E-state index in [4.69, 9.17) is 0 Å². The Bertz CT molecular complexity index is 727. The predicted octanol–water partition coefficient (Wildman–Crippen LogP) is 2.42. The summed E-state index contributed by atoms with van der Waals surface area (Å²) >= 11 is 1.49. The molecule has 1 heterocycles. The van der Waals surface area contributed by atoms with E-state index >= 15 is 0 Å². The van der Waals surface area contributed by atoms with Crippen molar-refractivity contribution in [2.24, 2.45) is 0 Å². The SMILES string of the molecule is CSCC(=O)N[C@H]1CC(=O)N(Cc2cccc3ccccc23)C1. The first-order valence-corrected chi connectivity index (χ1v) is 9.09. The van der Waals surface area contributed by atoms with Crippen molar-refractivity contribution in [3.8, 4) is 0 Å². The Labute approximate surface area is 140 Å². The zero-order valence-corrected chi connectivity index (χ0v) is 13.9. The maximum Gasteiger partial charge on any atom is 0.230 e. The molecule has 0 radical (unpaired) electrons. The molecule has 3 rings (SSSR count). The van der Waals surface area contributed by atoms with E-state index < -0.39 is 0 Å². The first kappa shape index (κ1) is 15.9. The number of rotatable bonds is 5. The fraction of sp³-hybridized carbons (Fsp3) is 0.333. The average molecular weight is 328 g/mol. The molecule has 1 saturated heterocycles. The lowest BCUT2D eigenvalue weighted by Gasteiger charge is -2.18. The summed E-state index contributed by atoms with van der Waals surface area (Å²) in [4.78, 5) is 25.8. The first-order chi connectivity index (χ1) is 11.2. The second-order valence-corrected chi connectivity index (χ2v) is 6.68. The van der Waals surface area contributed by atoms with Crippen LogP contribution in [0.2, 0.25) is 0 Å². The summed E-state index contributed by atoms with van der Waals surface area (Å²) in [5.74, 6) is 0.545. The van der Waals surface area contributed by atoms with Gasteiger partial charge < -0.3 is 10.2 Å². The molecule has 1 aliphatic heterocycles. The van der Waals surface area contributed by atoms with E-state index in [1.54, 1.807) is 0 Å². The molecule has 1 atom stereocenters. The van der Waals surface area contributed by atoms with Crippen LogP contribution >= 0.6 is 11.8 Å². The number of hydrogen-bond acceptors (Lipinski definition) is 3. The largest absolute Gasteiger partial charge is 0.350 e. The Morgan fingerprint density at radius 3 is 2.87 bits per heavy atom. The van der Waals surface area contributed by atoms with Crippen molar-refractivity contribution in [2.45, 2.75) is 19.0 Å². The monoisotopic (exact) mass is 328 g/mol. The number of likely N-dealkylation sites (tertiary alicyclic amines) is 1. The molecule has 0 aliphatic carbocycles. The van der Waals surface area contributed by atoms with Crippen molar-refractivity contribution < 1.29 is 9.59 Å². The molecule has 1 aliphatic rings. The number of thioether (sulfide) groups is 1. The van der Waals surface area contributed by atoms with Crippen molar-refractivity contribution in [2.75, 3.05) is 18.6 Å². The van der Waals surface area contributed by atoms with Crippen LogP contribution in [0.5, 0.6) is 0 Å². The molecule has 0 saturated carbocycles. The van der Waals surface area contributed by atoms with E-state index in [9.17, 15) is 9.59 Å². The summed E-state index contributed by atoms with van der Waals surface area (Å²) in [6, 6.07) is 14.3. The second-order valence-electron chi connectivity index (χ2n) is 5.81. The van der Waals surface area contributed by atoms with Gasteiger partial charge in [-0.05, 0) is 22.6 Å². The Morgan fingerprint density at radius 1 is 1.26 bits per heavy atom. The number of benzene rings is 2. The molecule has 0 spiro atoms. The van der Waals surface area contributed by atoms with Crippen molar-refractivity contribution >= 4 is 34.3 Å². The average Bonchev–Trinajstić information content (AvgIpc) is 2.87. The number of carbonyl (C=O) groups excluding carboxylic acids is 2. The van der Waals surface area contributed by atoms with Crippen LogP contribution < -0.4 is 5.32 Å². The highest BCUT2D eigenvalue weighted by molar-refractivity contribution is 7.99. The summed E-state index contributed by atoms with van der Waals surface area (Å²) < 4.78 is 0. The summed E-state index contributed by atoms with van der Waals surface area (Å²) in [5.41, 5.74) is 1.15. The second kappa shape index (κ2) is 7.04. The van der Waals surface area contributed by atoms with Crippen LogP contribution in [0.1, 0.15) is 12.0 Å². The van der Waals surface area contributed by atoms with Crippen molar-refractivity contribution in [3.05, 3.63) is 48.0 Å². The molecule has 2 aromatic carbocycles. The van der Waals surface area contributed by atoms with Gasteiger partial charge in [-0.25, -0.2) is 0 Å². The van der Waals surface area contributed by atoms with Gasteiger partial charge in [-0.15, -0.1) is 0 Å². The normalized spacial score (nSPS) is 17.7. The Balaban J connectivity index is 1.70. The maximum atomic E-state index is 12.2. The smallest absolute Gasteiger partial charge is 0.230 e. The van der Waals surface area contributed by atoms with Crippen LogP contribution in [0.25, 0.3) is 10.8 Å². The standard InChI is InChI=1S/C18H20N2O2S/c1-23-12-17(21)19-15-9-18(22)20(11-15)10-14-7-4-6-13-5-2-3-8-16(13)14/h2-8,15H,9-12H2,1H3,(H,19,21)/t15-/m0/s1. The van der Waals surface area contributed by atoms with Crippen molar-refractivity contribution in [3.63, 3.8) is 0 Å². The van der Waals surface area contributed by atoms with Gasteiger partial charge in [-0.3, -0.25) is 9.59 Å². The third kappa shape index (κ3) is 3.67. The molecule has 0 aromatic heterocycles. The van der Waals surface area contributed by atoms with Crippen LogP contribution in [-0.4, -0.2) is 41.3 Å². The number of nitrogens with one attached hydrogen (secondary N) is 1. The van der Waals surface area contributed by atoms with Gasteiger partial charge >= 0.3 is 0 Å². The molecule has 1 fully saturated rings. The van der Waals surface area contributed by atoms with E-state index in [1.807, 2.05) is 29.4 Å². The highest BCUT2D eigenvalue weighted by atomic mass is 32.2. The van der Waals surface area contributed by atoms with Gasteiger partial charge in [0, 0.05) is 19.5 Å². The lowest BCUT2D eigenvalue weighted by Crippen LogP contribution is -2.37. The predicted molar refractivity (Wildman–Crippen MR) is 94.3 cm³/mol. The lowest BCUT2D eigenvalue weighted by molar-refractivity contribution is -0.128. The first-order valence-electron chi connectivity index (χ1n) is 7.70. The lowest BCUT2D eigenvalue weighted by atomic mass is 10.0. The van der Waals surface area contributed by atoms with Crippen molar-refractivity contribution in [1.82, 2.24) is 10.2 Å². The summed E-state index contributed by atoms with van der Waals surface area (Å²) in [7, 11) is 0. The summed E-state index contributed by atoms with van der Waals surface area (Å²) in [6.07, 6.45) is 2.29. The van der Waals surface area contributed by atoms with Crippen LogP contribution in [-0.2, 0) is 16.1 Å². The Hall–Kier alpha value is -2.01. The minimum atomic E-state index is -0.0721. The maximum absolute atomic E-state index is 12.2. The van der Waals surface area contributed by atoms with E-state index in [2.05, 4.69) is 29.6 Å². The van der Waals surface area contributed by atoms with Crippen LogP contribution in [0, 0.1) is 0 Å². The van der Waals surface area contributed by atoms with E-state index in [-0.39, 0.29) is 17.9 Å². The zero-order valence-electron chi connectivity index (χ0n) is 13.1. The van der Waals surface area contributed by atoms with Gasteiger partial charge in [0.15, 0.2) is 0 Å². The van der Waals surface area contributed by atoms with Gasteiger partial charge in [0.05, 0.1) is 11.8 Å². The molecule has 2 aromatic rings. The number of amides is 2. The third-order valence-electron chi connectivity index (χ3n) is 4.10. The number of hydrogen-bond donors (Lipinski definition) is 1.